The van der Waals surface area contributed by atoms with Crippen LogP contribution in [0.4, 0.5) is 0 Å². The molecule has 0 saturated carbocycles. The van der Waals surface area contributed by atoms with E-state index in [1.54, 1.807) is 6.26 Å². The van der Waals surface area contributed by atoms with Crippen LogP contribution in [0.1, 0.15) is 28.3 Å². The van der Waals surface area contributed by atoms with Gasteiger partial charge in [0.25, 0.3) is 0 Å². The standard InChI is InChI=1S/C25H26N4O2S/c1-18-11-12-19(2)23(14-18)29-20(3)26-27-25(29)32-17-24(30)28(16-22-10-7-13-31-22)15-21-8-5-4-6-9-21/h4-14H,15-17H2,1-3H3. The van der Waals surface area contributed by atoms with Gasteiger partial charge in [-0.2, -0.15) is 0 Å². The molecule has 2 aromatic carbocycles. The summed E-state index contributed by atoms with van der Waals surface area (Å²) in [7, 11) is 0. The number of aromatic nitrogens is 3. The van der Waals surface area contributed by atoms with Crippen LogP contribution in [0.25, 0.3) is 5.69 Å². The third-order valence-electron chi connectivity index (χ3n) is 5.22. The van der Waals surface area contributed by atoms with Crippen LogP contribution in [0.15, 0.2) is 76.5 Å². The van der Waals surface area contributed by atoms with E-state index in [0.29, 0.717) is 18.2 Å². The van der Waals surface area contributed by atoms with E-state index in [0.717, 1.165) is 28.4 Å². The lowest BCUT2D eigenvalue weighted by molar-refractivity contribution is -0.129. The van der Waals surface area contributed by atoms with Crippen LogP contribution >= 0.6 is 11.8 Å². The maximum absolute atomic E-state index is 13.2. The van der Waals surface area contributed by atoms with E-state index in [9.17, 15) is 4.79 Å². The van der Waals surface area contributed by atoms with Crippen LogP contribution in [0.3, 0.4) is 0 Å². The highest BCUT2D eigenvalue weighted by Crippen LogP contribution is 2.25. The summed E-state index contributed by atoms with van der Waals surface area (Å²) in [6.45, 7) is 7.00. The van der Waals surface area contributed by atoms with Crippen LogP contribution in [0, 0.1) is 20.8 Å². The average molecular weight is 447 g/mol. The van der Waals surface area contributed by atoms with Gasteiger partial charge in [0.1, 0.15) is 11.6 Å². The molecule has 2 heterocycles. The van der Waals surface area contributed by atoms with Gasteiger partial charge in [0.05, 0.1) is 24.2 Å². The van der Waals surface area contributed by atoms with E-state index in [4.69, 9.17) is 4.42 Å². The molecule has 0 fully saturated rings. The van der Waals surface area contributed by atoms with E-state index in [1.807, 2.05) is 58.9 Å². The number of nitrogens with zero attached hydrogens (tertiary/aromatic N) is 4. The zero-order chi connectivity index (χ0) is 22.5. The Balaban J connectivity index is 1.53. The molecular weight excluding hydrogens is 420 g/mol. The topological polar surface area (TPSA) is 64.2 Å². The average Bonchev–Trinajstić information content (AvgIpc) is 3.43. The molecule has 32 heavy (non-hydrogen) atoms. The molecule has 0 aliphatic heterocycles. The number of hydrogen-bond acceptors (Lipinski definition) is 5. The van der Waals surface area contributed by atoms with Gasteiger partial charge < -0.3 is 9.32 Å². The second-order valence-electron chi connectivity index (χ2n) is 7.76. The van der Waals surface area contributed by atoms with Gasteiger partial charge in [0.15, 0.2) is 5.16 Å². The summed E-state index contributed by atoms with van der Waals surface area (Å²) in [5.41, 5.74) is 4.42. The SMILES string of the molecule is Cc1ccc(C)c(-n2c(C)nnc2SCC(=O)N(Cc2ccccc2)Cc2ccco2)c1. The largest absolute Gasteiger partial charge is 0.467 e. The van der Waals surface area contributed by atoms with Gasteiger partial charge in [-0.1, -0.05) is 54.2 Å². The smallest absolute Gasteiger partial charge is 0.233 e. The van der Waals surface area contributed by atoms with E-state index in [1.165, 1.54) is 17.3 Å². The summed E-state index contributed by atoms with van der Waals surface area (Å²) >= 11 is 1.40. The van der Waals surface area contributed by atoms with Crippen molar-refractivity contribution in [3.63, 3.8) is 0 Å². The highest BCUT2D eigenvalue weighted by molar-refractivity contribution is 7.99. The van der Waals surface area contributed by atoms with Crippen molar-refractivity contribution in [3.05, 3.63) is 95.2 Å². The summed E-state index contributed by atoms with van der Waals surface area (Å²) in [6, 6.07) is 20.0. The van der Waals surface area contributed by atoms with Crippen LogP contribution in [0.2, 0.25) is 0 Å². The summed E-state index contributed by atoms with van der Waals surface area (Å²) in [4.78, 5) is 15.0. The Hall–Kier alpha value is -3.32. The summed E-state index contributed by atoms with van der Waals surface area (Å²) in [5.74, 6) is 1.83. The van der Waals surface area contributed by atoms with Gasteiger partial charge in [0, 0.05) is 6.54 Å². The fourth-order valence-corrected chi connectivity index (χ4v) is 4.41. The fraction of sp³-hybridized carbons (Fsp3) is 0.240. The molecule has 2 aromatic heterocycles. The van der Waals surface area contributed by atoms with Crippen molar-refractivity contribution in [2.24, 2.45) is 0 Å². The van der Waals surface area contributed by atoms with Gasteiger partial charge in [-0.05, 0) is 55.7 Å². The van der Waals surface area contributed by atoms with Gasteiger partial charge in [0.2, 0.25) is 5.91 Å². The normalized spacial score (nSPS) is 11.0. The zero-order valence-corrected chi connectivity index (χ0v) is 19.3. The molecule has 4 rings (SSSR count). The maximum atomic E-state index is 13.2. The van der Waals surface area contributed by atoms with Crippen LogP contribution in [-0.2, 0) is 17.9 Å². The number of furan rings is 1. The van der Waals surface area contributed by atoms with E-state index < -0.39 is 0 Å². The first kappa shape index (κ1) is 21.9. The molecule has 0 atom stereocenters. The Labute approximate surface area is 192 Å². The van der Waals surface area contributed by atoms with E-state index >= 15 is 0 Å². The predicted molar refractivity (Wildman–Crippen MR) is 126 cm³/mol. The molecule has 164 valence electrons. The van der Waals surface area contributed by atoms with Crippen molar-refractivity contribution in [2.45, 2.75) is 39.0 Å². The molecule has 7 heteroatoms. The number of benzene rings is 2. The number of amides is 1. The van der Waals surface area contributed by atoms with Gasteiger partial charge in [-0.25, -0.2) is 0 Å². The van der Waals surface area contributed by atoms with E-state index in [2.05, 4.69) is 42.2 Å². The first-order chi connectivity index (χ1) is 15.5. The van der Waals surface area contributed by atoms with Crippen molar-refractivity contribution >= 4 is 17.7 Å². The lowest BCUT2D eigenvalue weighted by Gasteiger charge is -2.22. The Morgan fingerprint density at radius 2 is 1.81 bits per heavy atom. The minimum atomic E-state index is 0.0171. The second kappa shape index (κ2) is 9.87. The minimum absolute atomic E-state index is 0.0171. The Morgan fingerprint density at radius 3 is 2.56 bits per heavy atom. The molecule has 0 unspecified atom stereocenters. The summed E-state index contributed by atoms with van der Waals surface area (Å²) in [5, 5.41) is 9.32. The summed E-state index contributed by atoms with van der Waals surface area (Å²) < 4.78 is 7.51. The lowest BCUT2D eigenvalue weighted by Crippen LogP contribution is -2.31. The molecule has 1 amide bonds. The highest BCUT2D eigenvalue weighted by Gasteiger charge is 2.19. The quantitative estimate of drug-likeness (QED) is 0.352. The van der Waals surface area contributed by atoms with Gasteiger partial charge in [-0.3, -0.25) is 9.36 Å². The molecule has 0 N–H and O–H groups in total. The number of aryl methyl sites for hydroxylation is 3. The van der Waals surface area contributed by atoms with Crippen molar-refractivity contribution in [1.82, 2.24) is 19.7 Å². The van der Waals surface area contributed by atoms with E-state index in [-0.39, 0.29) is 11.7 Å². The van der Waals surface area contributed by atoms with Crippen molar-refractivity contribution in [3.8, 4) is 5.69 Å². The fourth-order valence-electron chi connectivity index (χ4n) is 3.52. The molecular formula is C25H26N4O2S. The van der Waals surface area contributed by atoms with Crippen molar-refractivity contribution in [2.75, 3.05) is 5.75 Å². The zero-order valence-electron chi connectivity index (χ0n) is 18.5. The number of rotatable bonds is 8. The highest BCUT2D eigenvalue weighted by atomic mass is 32.2. The molecule has 0 aliphatic rings. The molecule has 0 aliphatic carbocycles. The number of carbonyl (C=O) groups excluding carboxylic acids is 1. The number of carbonyl (C=O) groups is 1. The molecule has 0 spiro atoms. The Morgan fingerprint density at radius 1 is 1.00 bits per heavy atom. The van der Waals surface area contributed by atoms with Crippen LogP contribution in [-0.4, -0.2) is 31.3 Å². The first-order valence-electron chi connectivity index (χ1n) is 10.5. The Kier molecular flexibility index (Phi) is 6.75. The number of hydrogen-bond donors (Lipinski definition) is 0. The molecule has 4 aromatic rings. The van der Waals surface area contributed by atoms with Gasteiger partial charge in [-0.15, -0.1) is 10.2 Å². The molecule has 6 nitrogen and oxygen atoms in total. The molecule has 0 bridgehead atoms. The Bertz CT molecular complexity index is 1190. The van der Waals surface area contributed by atoms with Gasteiger partial charge >= 0.3 is 0 Å². The predicted octanol–water partition coefficient (Wildman–Crippen LogP) is 5.11. The lowest BCUT2D eigenvalue weighted by atomic mass is 10.1. The van der Waals surface area contributed by atoms with Crippen LogP contribution < -0.4 is 0 Å². The monoisotopic (exact) mass is 446 g/mol. The maximum Gasteiger partial charge on any atom is 0.233 e. The van der Waals surface area contributed by atoms with Crippen LogP contribution in [0.5, 0.6) is 0 Å². The minimum Gasteiger partial charge on any atom is -0.467 e. The molecule has 0 saturated heterocycles. The summed E-state index contributed by atoms with van der Waals surface area (Å²) in [6.07, 6.45) is 1.63. The molecule has 0 radical (unpaired) electrons. The first-order valence-corrected chi connectivity index (χ1v) is 11.5. The van der Waals surface area contributed by atoms with Crippen molar-refractivity contribution < 1.29 is 9.21 Å². The third-order valence-corrected chi connectivity index (χ3v) is 6.13. The van der Waals surface area contributed by atoms with Crippen molar-refractivity contribution in [1.29, 1.82) is 0 Å². The third kappa shape index (κ3) is 5.11. The number of thioether (sulfide) groups is 1. The second-order valence-corrected chi connectivity index (χ2v) is 8.70.